The topological polar surface area (TPSA) is 118 Å². The number of phosphoric acid groups is 1. The van der Waals surface area contributed by atoms with Gasteiger partial charge in [-0.15, -0.1) is 0 Å². The molecule has 0 aromatic rings. The zero-order chi connectivity index (χ0) is 4.50. The number of hydrogen-bond donors (Lipinski definition) is 0. The standard InChI is InChI=1S/3Na.H3O4P.H2O/c;;;1-5(2,3)4;/h;;;(H3,1,2,3,4);1H2/q3*+1;;/p-3. The fourth-order valence-electron chi connectivity index (χ4n) is 0. The second-order valence-electron chi connectivity index (χ2n) is 0.447. The monoisotopic (exact) mass is 182 g/mol. The Hall–Kier alpha value is 3.07. The van der Waals surface area contributed by atoms with Crippen LogP contribution in [-0.4, -0.2) is 5.48 Å². The van der Waals surface area contributed by atoms with Crippen molar-refractivity contribution in [2.24, 2.45) is 0 Å². The van der Waals surface area contributed by atoms with Gasteiger partial charge in [-0.2, -0.15) is 7.82 Å². The van der Waals surface area contributed by atoms with Crippen molar-refractivity contribution in [1.29, 1.82) is 0 Å². The van der Waals surface area contributed by atoms with Gasteiger partial charge in [-0.3, -0.25) is 0 Å². The van der Waals surface area contributed by atoms with Crippen LogP contribution in [-0.2, 0) is 4.57 Å². The molecule has 0 amide bonds. The predicted molar refractivity (Wildman–Crippen MR) is 11.2 cm³/mol. The van der Waals surface area contributed by atoms with Crippen LogP contribution in [0.15, 0.2) is 0 Å². The molecule has 0 radical (unpaired) electrons. The van der Waals surface area contributed by atoms with Gasteiger partial charge in [0, 0.05) is 0 Å². The Labute approximate surface area is 119 Å². The molecule has 0 unspecified atom stereocenters. The molecule has 0 aliphatic carbocycles. The number of rotatable bonds is 0. The van der Waals surface area contributed by atoms with E-state index >= 15 is 0 Å². The van der Waals surface area contributed by atoms with Crippen LogP contribution in [0.25, 0.3) is 0 Å². The fourth-order valence-corrected chi connectivity index (χ4v) is 0. The van der Waals surface area contributed by atoms with Crippen LogP contribution in [0.3, 0.4) is 0 Å². The van der Waals surface area contributed by atoms with E-state index in [0.29, 0.717) is 0 Å². The molecular formula is H2Na3O5P. The van der Waals surface area contributed by atoms with Gasteiger partial charge in [0.25, 0.3) is 0 Å². The van der Waals surface area contributed by atoms with Crippen molar-refractivity contribution in [2.75, 3.05) is 0 Å². The first-order valence-corrected chi connectivity index (χ1v) is 2.19. The van der Waals surface area contributed by atoms with Crippen molar-refractivity contribution in [3.63, 3.8) is 0 Å². The summed E-state index contributed by atoms with van der Waals surface area (Å²) in [5.41, 5.74) is 0. The molecule has 0 aromatic carbocycles. The van der Waals surface area contributed by atoms with Crippen molar-refractivity contribution in [3.8, 4) is 0 Å². The zero-order valence-corrected chi connectivity index (χ0v) is 12.5. The molecule has 0 fully saturated rings. The average molecular weight is 182 g/mol. The average Bonchev–Trinajstić information content (AvgIpc) is 0.722. The third kappa shape index (κ3) is 96.6. The van der Waals surface area contributed by atoms with Gasteiger partial charge in [0.15, 0.2) is 0 Å². The molecule has 5 nitrogen and oxygen atoms in total. The summed E-state index contributed by atoms with van der Waals surface area (Å²) in [6.07, 6.45) is 0. The van der Waals surface area contributed by atoms with Gasteiger partial charge in [-0.05, 0) is 0 Å². The van der Waals surface area contributed by atoms with Crippen LogP contribution in [0.2, 0.25) is 0 Å². The first-order chi connectivity index (χ1) is 2.00. The van der Waals surface area contributed by atoms with E-state index in [4.69, 9.17) is 19.2 Å². The van der Waals surface area contributed by atoms with Crippen molar-refractivity contribution in [2.45, 2.75) is 0 Å². The van der Waals surface area contributed by atoms with E-state index in [1.165, 1.54) is 0 Å². The molecule has 0 saturated carbocycles. The number of hydrogen-bond acceptors (Lipinski definition) is 4. The second kappa shape index (κ2) is 13.6. The van der Waals surface area contributed by atoms with E-state index in [2.05, 4.69) is 0 Å². The van der Waals surface area contributed by atoms with Crippen LogP contribution in [0.1, 0.15) is 0 Å². The molecule has 0 rings (SSSR count). The molecule has 9 heteroatoms. The molecular weight excluding hydrogens is 180 g/mol. The van der Waals surface area contributed by atoms with Crippen molar-refractivity contribution in [3.05, 3.63) is 0 Å². The minimum absolute atomic E-state index is 0. The molecule has 0 aromatic heterocycles. The smallest absolute Gasteiger partial charge is 0.822 e. The van der Waals surface area contributed by atoms with Crippen molar-refractivity contribution >= 4 is 7.82 Å². The Kier molecular flexibility index (Phi) is 44.9. The summed E-state index contributed by atoms with van der Waals surface area (Å²) in [5.74, 6) is 0. The quantitative estimate of drug-likeness (QED) is 0.273. The fraction of sp³-hybridized carbons (Fsp3) is 0. The molecule has 0 aliphatic rings. The van der Waals surface area contributed by atoms with E-state index < -0.39 is 7.82 Å². The summed E-state index contributed by atoms with van der Waals surface area (Å²) in [6.45, 7) is 0. The predicted octanol–water partition coefficient (Wildman–Crippen LogP) is -12.6. The minimum atomic E-state index is -5.39. The molecule has 0 aliphatic heterocycles. The Bertz CT molecular complexity index is 58.3. The van der Waals surface area contributed by atoms with Gasteiger partial charge in [0.1, 0.15) is 0 Å². The van der Waals surface area contributed by atoms with E-state index in [9.17, 15) is 0 Å². The Balaban J connectivity index is -0.0000000133. The molecule has 2 N–H and O–H groups in total. The van der Waals surface area contributed by atoms with Gasteiger partial charge >= 0.3 is 88.7 Å². The van der Waals surface area contributed by atoms with Gasteiger partial charge in [-0.25, -0.2) is 0 Å². The molecule has 0 bridgehead atoms. The first kappa shape index (κ1) is 29.6. The van der Waals surface area contributed by atoms with Gasteiger partial charge < -0.3 is 24.7 Å². The van der Waals surface area contributed by atoms with Crippen LogP contribution < -0.4 is 103 Å². The van der Waals surface area contributed by atoms with Crippen molar-refractivity contribution < 1.29 is 113 Å². The Morgan fingerprint density at radius 3 is 0.889 bits per heavy atom. The second-order valence-corrected chi connectivity index (χ2v) is 1.34. The van der Waals surface area contributed by atoms with E-state index in [1.807, 2.05) is 0 Å². The molecule has 40 valence electrons. The maximum atomic E-state index is 8.55. The molecule has 0 saturated heterocycles. The summed E-state index contributed by atoms with van der Waals surface area (Å²) >= 11 is 0. The van der Waals surface area contributed by atoms with Gasteiger partial charge in [0.2, 0.25) is 0 Å². The molecule has 0 spiro atoms. The maximum Gasteiger partial charge on any atom is 1.00 e. The van der Waals surface area contributed by atoms with E-state index in [1.54, 1.807) is 0 Å². The minimum Gasteiger partial charge on any atom is -0.822 e. The summed E-state index contributed by atoms with van der Waals surface area (Å²) in [4.78, 5) is 25.6. The SMILES string of the molecule is O.O=P([O-])([O-])[O-].[Na+].[Na+].[Na+]. The third-order valence-corrected chi connectivity index (χ3v) is 0. The van der Waals surface area contributed by atoms with Crippen LogP contribution in [0.4, 0.5) is 0 Å². The summed E-state index contributed by atoms with van der Waals surface area (Å²) in [7, 11) is -5.39. The van der Waals surface area contributed by atoms with Crippen molar-refractivity contribution in [1.82, 2.24) is 0 Å². The summed E-state index contributed by atoms with van der Waals surface area (Å²) < 4.78 is 8.55. The maximum absolute atomic E-state index is 8.55. The van der Waals surface area contributed by atoms with E-state index in [0.717, 1.165) is 0 Å². The van der Waals surface area contributed by atoms with Crippen LogP contribution >= 0.6 is 7.82 Å². The molecule has 9 heavy (non-hydrogen) atoms. The summed E-state index contributed by atoms with van der Waals surface area (Å²) in [5, 5.41) is 0. The van der Waals surface area contributed by atoms with Gasteiger partial charge in [0.05, 0.1) is 0 Å². The Morgan fingerprint density at radius 1 is 0.889 bits per heavy atom. The Morgan fingerprint density at radius 2 is 0.889 bits per heavy atom. The van der Waals surface area contributed by atoms with Crippen LogP contribution in [0, 0.1) is 0 Å². The molecule has 0 heterocycles. The zero-order valence-electron chi connectivity index (χ0n) is 5.58. The first-order valence-electron chi connectivity index (χ1n) is 0.730. The van der Waals surface area contributed by atoms with Gasteiger partial charge in [-0.1, -0.05) is 0 Å². The summed E-state index contributed by atoms with van der Waals surface area (Å²) in [6, 6.07) is 0. The largest absolute Gasteiger partial charge is 1.00 e. The third-order valence-electron chi connectivity index (χ3n) is 0. The molecule has 0 atom stereocenters. The normalized spacial score (nSPS) is 6.56. The van der Waals surface area contributed by atoms with Crippen LogP contribution in [0.5, 0.6) is 0 Å². The van der Waals surface area contributed by atoms with E-state index in [-0.39, 0.29) is 94.1 Å².